The molecule has 16 heavy (non-hydrogen) atoms. The summed E-state index contributed by atoms with van der Waals surface area (Å²) in [5.41, 5.74) is 1.97. The molecule has 0 heterocycles. The van der Waals surface area contributed by atoms with E-state index in [1.165, 1.54) is 0 Å². The van der Waals surface area contributed by atoms with Crippen molar-refractivity contribution in [3.05, 3.63) is 48.6 Å². The Labute approximate surface area is 98.4 Å². The summed E-state index contributed by atoms with van der Waals surface area (Å²) < 4.78 is 0. The van der Waals surface area contributed by atoms with Gasteiger partial charge in [-0.25, -0.2) is 0 Å². The van der Waals surface area contributed by atoms with Crippen LogP contribution in [0.15, 0.2) is 48.6 Å². The highest BCUT2D eigenvalue weighted by Crippen LogP contribution is 2.16. The van der Waals surface area contributed by atoms with Crippen molar-refractivity contribution < 1.29 is 4.79 Å². The molecule has 0 aromatic heterocycles. The molecule has 0 aromatic carbocycles. The van der Waals surface area contributed by atoms with Crippen LogP contribution in [0.1, 0.15) is 27.2 Å². The molecule has 0 saturated carbocycles. The molecule has 1 unspecified atom stereocenters. The van der Waals surface area contributed by atoms with Gasteiger partial charge in [-0.1, -0.05) is 38.3 Å². The first-order valence-electron chi connectivity index (χ1n) is 5.42. The first-order valence-corrected chi connectivity index (χ1v) is 5.42. The average molecular weight is 219 g/mol. The number of hydrogen-bond acceptors (Lipinski definition) is 1. The van der Waals surface area contributed by atoms with E-state index in [1.54, 1.807) is 12.2 Å². The second-order valence-electron chi connectivity index (χ2n) is 3.86. The van der Waals surface area contributed by atoms with E-state index in [9.17, 15) is 4.79 Å². The summed E-state index contributed by atoms with van der Waals surface area (Å²) in [6, 6.07) is 0.152. The molecule has 0 fully saturated rings. The van der Waals surface area contributed by atoms with E-state index in [2.05, 4.69) is 25.1 Å². The third-order valence-electron chi connectivity index (χ3n) is 2.36. The molecule has 0 aromatic rings. The van der Waals surface area contributed by atoms with Crippen molar-refractivity contribution in [2.24, 2.45) is 0 Å². The highest BCUT2D eigenvalue weighted by molar-refractivity contribution is 5.99. The Hall–Kier alpha value is -1.57. The molecule has 0 bridgehead atoms. The predicted molar refractivity (Wildman–Crippen MR) is 70.1 cm³/mol. The highest BCUT2D eigenvalue weighted by atomic mass is 16.1. The molecular formula is C14H21NO. The number of nitrogens with one attached hydrogen (secondary N) is 1. The number of amides is 1. The zero-order valence-corrected chi connectivity index (χ0v) is 10.5. The summed E-state index contributed by atoms with van der Waals surface area (Å²) in [5.74, 6) is -0.123. The standard InChI is InChI=1S/C14H21NO/c1-7-9-13(12(6)10(3)4)14(16)15-11(5)8-2/h7,9,11H,1,3,6,8H2,2,4-5H3,(H,15,16)/b13-9+. The van der Waals surface area contributed by atoms with E-state index >= 15 is 0 Å². The Balaban J connectivity index is 4.88. The van der Waals surface area contributed by atoms with Gasteiger partial charge in [-0.05, 0) is 31.9 Å². The number of hydrogen-bond donors (Lipinski definition) is 1. The van der Waals surface area contributed by atoms with Crippen LogP contribution in [0.4, 0.5) is 0 Å². The van der Waals surface area contributed by atoms with Crippen molar-refractivity contribution in [2.75, 3.05) is 0 Å². The van der Waals surface area contributed by atoms with E-state index in [1.807, 2.05) is 20.8 Å². The molecule has 0 aliphatic rings. The fraction of sp³-hybridized carbons (Fsp3) is 0.357. The molecule has 0 aliphatic carbocycles. The zero-order chi connectivity index (χ0) is 12.7. The number of rotatable bonds is 6. The van der Waals surface area contributed by atoms with Gasteiger partial charge in [0.25, 0.3) is 5.91 Å². The minimum atomic E-state index is -0.123. The van der Waals surface area contributed by atoms with E-state index in [0.29, 0.717) is 11.1 Å². The Morgan fingerprint density at radius 3 is 2.38 bits per heavy atom. The van der Waals surface area contributed by atoms with Gasteiger partial charge >= 0.3 is 0 Å². The fourth-order valence-electron chi connectivity index (χ4n) is 1.06. The van der Waals surface area contributed by atoms with E-state index in [-0.39, 0.29) is 11.9 Å². The first kappa shape index (κ1) is 14.4. The molecule has 0 spiro atoms. The summed E-state index contributed by atoms with van der Waals surface area (Å²) in [6.07, 6.45) is 4.14. The minimum Gasteiger partial charge on any atom is -0.350 e. The number of carbonyl (C=O) groups excluding carboxylic acids is 1. The molecule has 1 amide bonds. The van der Waals surface area contributed by atoms with Crippen molar-refractivity contribution in [3.8, 4) is 0 Å². The predicted octanol–water partition coefficient (Wildman–Crippen LogP) is 3.15. The lowest BCUT2D eigenvalue weighted by Gasteiger charge is -2.15. The quantitative estimate of drug-likeness (QED) is 0.539. The van der Waals surface area contributed by atoms with E-state index < -0.39 is 0 Å². The Morgan fingerprint density at radius 2 is 2.00 bits per heavy atom. The van der Waals surface area contributed by atoms with Crippen LogP contribution in [0.3, 0.4) is 0 Å². The molecule has 0 saturated heterocycles. The lowest BCUT2D eigenvalue weighted by atomic mass is 10.0. The summed E-state index contributed by atoms with van der Waals surface area (Å²) in [5, 5.41) is 2.89. The molecule has 0 radical (unpaired) electrons. The van der Waals surface area contributed by atoms with Gasteiger partial charge < -0.3 is 5.32 Å². The van der Waals surface area contributed by atoms with Gasteiger partial charge in [0.05, 0.1) is 0 Å². The maximum Gasteiger partial charge on any atom is 0.252 e. The lowest BCUT2D eigenvalue weighted by Crippen LogP contribution is -2.33. The van der Waals surface area contributed by atoms with Gasteiger partial charge in [0.1, 0.15) is 0 Å². The first-order chi connectivity index (χ1) is 7.43. The molecule has 1 atom stereocenters. The Morgan fingerprint density at radius 1 is 1.44 bits per heavy atom. The zero-order valence-electron chi connectivity index (χ0n) is 10.5. The topological polar surface area (TPSA) is 29.1 Å². The molecule has 88 valence electrons. The van der Waals surface area contributed by atoms with Gasteiger partial charge in [0.15, 0.2) is 0 Å². The third kappa shape index (κ3) is 4.30. The van der Waals surface area contributed by atoms with Gasteiger partial charge in [0.2, 0.25) is 0 Å². The van der Waals surface area contributed by atoms with Gasteiger partial charge in [0, 0.05) is 11.6 Å². The molecule has 2 heteroatoms. The summed E-state index contributed by atoms with van der Waals surface area (Å²) in [4.78, 5) is 11.9. The van der Waals surface area contributed by atoms with Crippen molar-refractivity contribution in [1.82, 2.24) is 5.32 Å². The van der Waals surface area contributed by atoms with Crippen LogP contribution in [0.25, 0.3) is 0 Å². The van der Waals surface area contributed by atoms with Crippen LogP contribution >= 0.6 is 0 Å². The minimum absolute atomic E-state index is 0.123. The van der Waals surface area contributed by atoms with Crippen molar-refractivity contribution in [3.63, 3.8) is 0 Å². The van der Waals surface area contributed by atoms with Crippen LogP contribution in [0.2, 0.25) is 0 Å². The van der Waals surface area contributed by atoms with Crippen LogP contribution < -0.4 is 5.32 Å². The van der Waals surface area contributed by atoms with E-state index in [0.717, 1.165) is 12.0 Å². The van der Waals surface area contributed by atoms with Crippen molar-refractivity contribution in [1.29, 1.82) is 0 Å². The Kier molecular flexibility index (Phi) is 6.16. The SMILES string of the molecule is C=C/C=C(\C(=C)C(=C)C)C(=O)NC(C)CC. The summed E-state index contributed by atoms with van der Waals surface area (Å²) >= 11 is 0. The third-order valence-corrected chi connectivity index (χ3v) is 2.36. The second-order valence-corrected chi connectivity index (χ2v) is 3.86. The maximum absolute atomic E-state index is 11.9. The molecule has 1 N–H and O–H groups in total. The maximum atomic E-state index is 11.9. The summed E-state index contributed by atoms with van der Waals surface area (Å²) in [7, 11) is 0. The lowest BCUT2D eigenvalue weighted by molar-refractivity contribution is -0.117. The molecule has 0 aliphatic heterocycles. The smallest absolute Gasteiger partial charge is 0.252 e. The highest BCUT2D eigenvalue weighted by Gasteiger charge is 2.14. The van der Waals surface area contributed by atoms with Crippen LogP contribution in [-0.4, -0.2) is 11.9 Å². The fourth-order valence-corrected chi connectivity index (χ4v) is 1.06. The van der Waals surface area contributed by atoms with E-state index in [4.69, 9.17) is 0 Å². The van der Waals surface area contributed by atoms with Crippen molar-refractivity contribution >= 4 is 5.91 Å². The average Bonchev–Trinajstić information content (AvgIpc) is 2.24. The number of carbonyl (C=O) groups is 1. The van der Waals surface area contributed by atoms with Crippen LogP contribution in [0, 0.1) is 0 Å². The molecule has 0 rings (SSSR count). The van der Waals surface area contributed by atoms with Gasteiger partial charge in [-0.3, -0.25) is 4.79 Å². The monoisotopic (exact) mass is 219 g/mol. The van der Waals surface area contributed by atoms with Gasteiger partial charge in [-0.15, -0.1) is 0 Å². The Bertz CT molecular complexity index is 337. The summed E-state index contributed by atoms with van der Waals surface area (Å²) in [6.45, 7) is 17.1. The number of allylic oxidation sites excluding steroid dienone is 3. The van der Waals surface area contributed by atoms with Gasteiger partial charge in [-0.2, -0.15) is 0 Å². The molecular weight excluding hydrogens is 198 g/mol. The van der Waals surface area contributed by atoms with Crippen LogP contribution in [0.5, 0.6) is 0 Å². The largest absolute Gasteiger partial charge is 0.350 e. The van der Waals surface area contributed by atoms with Crippen molar-refractivity contribution in [2.45, 2.75) is 33.2 Å². The molecule has 2 nitrogen and oxygen atoms in total. The van der Waals surface area contributed by atoms with Crippen LogP contribution in [-0.2, 0) is 4.79 Å². The normalized spacial score (nSPS) is 12.8. The second kappa shape index (κ2) is 6.83.